The topological polar surface area (TPSA) is 17.1 Å². The molecule has 0 spiro atoms. The minimum absolute atomic E-state index is 0.470. The average Bonchev–Trinajstić information content (AvgIpc) is 1.68. The molecule has 0 saturated carbocycles. The van der Waals surface area contributed by atoms with Crippen molar-refractivity contribution < 1.29 is 4.79 Å². The normalized spacial score (nSPS) is 13.2. The smallest absolute Gasteiger partial charge is 0.120 e. The molecule has 0 N–H and O–H groups in total. The minimum atomic E-state index is 0.470. The highest BCUT2D eigenvalue weighted by atomic mass is 16.1. The van der Waals surface area contributed by atoms with Crippen LogP contribution in [0.3, 0.4) is 0 Å². The predicted octanol–water partition coefficient (Wildman–Crippen LogP) is 1.83. The van der Waals surface area contributed by atoms with E-state index in [1.165, 1.54) is 0 Å². The summed E-state index contributed by atoms with van der Waals surface area (Å²) in [6.45, 7) is 4.14. The summed E-state index contributed by atoms with van der Waals surface area (Å²) in [7, 11) is 0. The summed E-state index contributed by atoms with van der Waals surface area (Å²) in [5.41, 5.74) is 0. The maximum Gasteiger partial charge on any atom is 0.120 e. The van der Waals surface area contributed by atoms with Crippen LogP contribution in [0.15, 0.2) is 0 Å². The van der Waals surface area contributed by atoms with Gasteiger partial charge in [0.25, 0.3) is 0 Å². The Morgan fingerprint density at radius 1 is 1.62 bits per heavy atom. The monoisotopic (exact) mass is 113 g/mol. The number of carbonyl (C=O) groups is 1. The second kappa shape index (κ2) is 4.82. The van der Waals surface area contributed by atoms with Crippen LogP contribution in [0, 0.1) is 12.3 Å². The molecule has 0 aliphatic carbocycles. The summed E-state index contributed by atoms with van der Waals surface area (Å²) in [6.07, 6.45) is 4.86. The molecule has 0 aromatic heterocycles. The van der Waals surface area contributed by atoms with E-state index in [2.05, 4.69) is 20.3 Å². The van der Waals surface area contributed by atoms with E-state index in [9.17, 15) is 4.79 Å². The molecule has 0 saturated heterocycles. The van der Waals surface area contributed by atoms with Crippen molar-refractivity contribution in [3.8, 4) is 0 Å². The van der Waals surface area contributed by atoms with E-state index >= 15 is 0 Å². The van der Waals surface area contributed by atoms with Crippen molar-refractivity contribution in [2.45, 2.75) is 26.7 Å². The highest BCUT2D eigenvalue weighted by Gasteiger charge is 1.96. The number of carbonyl (C=O) groups excluding carboxylic acids is 1. The van der Waals surface area contributed by atoms with Gasteiger partial charge in [-0.05, 0) is 12.3 Å². The zero-order chi connectivity index (χ0) is 6.41. The van der Waals surface area contributed by atoms with Crippen molar-refractivity contribution >= 4 is 6.29 Å². The first-order valence-corrected chi connectivity index (χ1v) is 3.08. The molecule has 1 radical (unpaired) electrons. The first-order valence-electron chi connectivity index (χ1n) is 3.08. The summed E-state index contributed by atoms with van der Waals surface area (Å²) >= 11 is 0. The average molecular weight is 113 g/mol. The van der Waals surface area contributed by atoms with E-state index in [1.54, 1.807) is 0 Å². The largest absolute Gasteiger partial charge is 0.303 e. The first kappa shape index (κ1) is 7.67. The summed E-state index contributed by atoms with van der Waals surface area (Å²) < 4.78 is 0. The Morgan fingerprint density at radius 2 is 2.25 bits per heavy atom. The lowest BCUT2D eigenvalue weighted by Gasteiger charge is -2.01. The van der Waals surface area contributed by atoms with Crippen molar-refractivity contribution in [2.24, 2.45) is 5.92 Å². The molecule has 0 aromatic carbocycles. The quantitative estimate of drug-likeness (QED) is 0.508. The fourth-order valence-corrected chi connectivity index (χ4v) is 0.650. The molecule has 0 rings (SSSR count). The van der Waals surface area contributed by atoms with Gasteiger partial charge in [-0.1, -0.05) is 20.3 Å². The van der Waals surface area contributed by atoms with Crippen molar-refractivity contribution in [2.75, 3.05) is 0 Å². The van der Waals surface area contributed by atoms with Crippen LogP contribution in [-0.4, -0.2) is 6.29 Å². The van der Waals surface area contributed by atoms with E-state index in [-0.39, 0.29) is 0 Å². The Hall–Kier alpha value is -0.330. The molecule has 47 valence electrons. The highest BCUT2D eigenvalue weighted by molar-refractivity contribution is 5.49. The summed E-state index contributed by atoms with van der Waals surface area (Å²) in [6, 6.07) is 0. The lowest BCUT2D eigenvalue weighted by Crippen LogP contribution is -1.94. The van der Waals surface area contributed by atoms with Crippen LogP contribution in [0.1, 0.15) is 26.7 Å². The van der Waals surface area contributed by atoms with Gasteiger partial charge < -0.3 is 4.79 Å². The van der Waals surface area contributed by atoms with Crippen molar-refractivity contribution in [3.05, 3.63) is 6.42 Å². The van der Waals surface area contributed by atoms with E-state index in [1.807, 2.05) is 0 Å². The van der Waals surface area contributed by atoms with Gasteiger partial charge in [0.2, 0.25) is 0 Å². The highest BCUT2D eigenvalue weighted by Crippen LogP contribution is 2.05. The molecule has 0 aromatic rings. The van der Waals surface area contributed by atoms with Gasteiger partial charge in [0, 0.05) is 6.42 Å². The Bertz CT molecular complexity index is 59.4. The standard InChI is InChI=1S/C7H13O/c1-3-4-7(2)5-6-8/h4,6-7H,3,5H2,1-2H3. The number of rotatable bonds is 4. The lowest BCUT2D eigenvalue weighted by molar-refractivity contribution is -0.108. The third-order valence-corrected chi connectivity index (χ3v) is 1.11. The second-order valence-electron chi connectivity index (χ2n) is 2.02. The summed E-state index contributed by atoms with van der Waals surface area (Å²) in [4.78, 5) is 9.87. The van der Waals surface area contributed by atoms with Gasteiger partial charge in [0.1, 0.15) is 6.29 Å². The van der Waals surface area contributed by atoms with E-state index in [0.717, 1.165) is 12.7 Å². The second-order valence-corrected chi connectivity index (χ2v) is 2.02. The lowest BCUT2D eigenvalue weighted by atomic mass is 10.0. The molecule has 1 atom stereocenters. The number of hydrogen-bond acceptors (Lipinski definition) is 1. The van der Waals surface area contributed by atoms with Gasteiger partial charge >= 0.3 is 0 Å². The molecule has 0 amide bonds. The van der Waals surface area contributed by atoms with Crippen LogP contribution in [0.5, 0.6) is 0 Å². The van der Waals surface area contributed by atoms with Gasteiger partial charge in [0.05, 0.1) is 0 Å². The van der Waals surface area contributed by atoms with Crippen LogP contribution < -0.4 is 0 Å². The SMILES string of the molecule is CC[CH]C(C)CC=O. The number of aldehydes is 1. The zero-order valence-electron chi connectivity index (χ0n) is 5.55. The predicted molar refractivity (Wildman–Crippen MR) is 34.4 cm³/mol. The van der Waals surface area contributed by atoms with Crippen molar-refractivity contribution in [1.29, 1.82) is 0 Å². The summed E-state index contributed by atoms with van der Waals surface area (Å²) in [5.74, 6) is 0.470. The van der Waals surface area contributed by atoms with Crippen LogP contribution >= 0.6 is 0 Å². The van der Waals surface area contributed by atoms with Gasteiger partial charge in [-0.25, -0.2) is 0 Å². The fraction of sp³-hybridized carbons (Fsp3) is 0.714. The maximum absolute atomic E-state index is 9.87. The molecule has 0 aliphatic rings. The van der Waals surface area contributed by atoms with E-state index < -0.39 is 0 Å². The van der Waals surface area contributed by atoms with Crippen molar-refractivity contribution in [3.63, 3.8) is 0 Å². The van der Waals surface area contributed by atoms with Gasteiger partial charge in [0.15, 0.2) is 0 Å². The Labute approximate surface area is 51.1 Å². The molecular weight excluding hydrogens is 100 g/mol. The Kier molecular flexibility index (Phi) is 4.62. The molecular formula is C7H13O. The van der Waals surface area contributed by atoms with E-state index in [4.69, 9.17) is 0 Å². The van der Waals surface area contributed by atoms with Crippen LogP contribution in [0.25, 0.3) is 0 Å². The van der Waals surface area contributed by atoms with Gasteiger partial charge in [-0.2, -0.15) is 0 Å². The molecule has 1 nitrogen and oxygen atoms in total. The third-order valence-electron chi connectivity index (χ3n) is 1.11. The van der Waals surface area contributed by atoms with Crippen LogP contribution in [-0.2, 0) is 4.79 Å². The molecule has 1 heteroatoms. The Balaban J connectivity index is 3.03. The molecule has 0 bridgehead atoms. The summed E-state index contributed by atoms with van der Waals surface area (Å²) in [5, 5.41) is 0. The zero-order valence-corrected chi connectivity index (χ0v) is 5.55. The fourth-order valence-electron chi connectivity index (χ4n) is 0.650. The molecule has 0 heterocycles. The van der Waals surface area contributed by atoms with Crippen molar-refractivity contribution in [1.82, 2.24) is 0 Å². The van der Waals surface area contributed by atoms with Gasteiger partial charge in [-0.3, -0.25) is 0 Å². The molecule has 0 aliphatic heterocycles. The molecule has 1 unspecified atom stereocenters. The molecule has 0 fully saturated rings. The Morgan fingerprint density at radius 3 is 2.62 bits per heavy atom. The minimum Gasteiger partial charge on any atom is -0.303 e. The van der Waals surface area contributed by atoms with Crippen LogP contribution in [0.4, 0.5) is 0 Å². The molecule has 8 heavy (non-hydrogen) atoms. The third kappa shape index (κ3) is 3.85. The van der Waals surface area contributed by atoms with Crippen LogP contribution in [0.2, 0.25) is 0 Å². The van der Waals surface area contributed by atoms with E-state index in [0.29, 0.717) is 12.3 Å². The van der Waals surface area contributed by atoms with Gasteiger partial charge in [-0.15, -0.1) is 0 Å². The first-order chi connectivity index (χ1) is 3.81. The maximum atomic E-state index is 9.87. The number of hydrogen-bond donors (Lipinski definition) is 0.